The molecule has 1 aliphatic rings. The Labute approximate surface area is 334 Å². The maximum Gasteiger partial charge on any atom is 0.414 e. The van der Waals surface area contributed by atoms with E-state index in [1.54, 1.807) is 72.7 Å². The Morgan fingerprint density at radius 2 is 1.37 bits per heavy atom. The number of nitrogens with one attached hydrogen (secondary N) is 2. The Morgan fingerprint density at radius 1 is 0.807 bits per heavy atom. The zero-order chi connectivity index (χ0) is 41.8. The van der Waals surface area contributed by atoms with E-state index in [9.17, 15) is 24.0 Å². The van der Waals surface area contributed by atoms with Crippen molar-refractivity contribution in [1.29, 1.82) is 0 Å². The molecule has 1 fully saturated rings. The van der Waals surface area contributed by atoms with Crippen LogP contribution in [0.3, 0.4) is 0 Å². The number of amides is 3. The molecule has 0 aromatic heterocycles. The summed E-state index contributed by atoms with van der Waals surface area (Å²) in [6.45, 7) is 13.1. The van der Waals surface area contributed by atoms with Crippen LogP contribution in [-0.4, -0.2) is 84.4 Å². The summed E-state index contributed by atoms with van der Waals surface area (Å²) < 4.78 is 21.9. The van der Waals surface area contributed by atoms with Crippen molar-refractivity contribution in [2.24, 2.45) is 4.99 Å². The van der Waals surface area contributed by atoms with Crippen LogP contribution in [0.5, 0.6) is 0 Å². The van der Waals surface area contributed by atoms with Crippen molar-refractivity contribution >= 4 is 47.4 Å². The van der Waals surface area contributed by atoms with Crippen LogP contribution in [0.2, 0.25) is 0 Å². The van der Waals surface area contributed by atoms with Crippen LogP contribution in [0.1, 0.15) is 84.8 Å². The first-order chi connectivity index (χ1) is 26.9. The van der Waals surface area contributed by atoms with E-state index in [1.165, 1.54) is 12.0 Å². The molecule has 3 amide bonds. The molecule has 0 spiro atoms. The van der Waals surface area contributed by atoms with Crippen molar-refractivity contribution in [3.63, 3.8) is 0 Å². The van der Waals surface area contributed by atoms with Crippen molar-refractivity contribution in [2.45, 2.75) is 97.0 Å². The second-order valence-corrected chi connectivity index (χ2v) is 15.7. The summed E-state index contributed by atoms with van der Waals surface area (Å²) in [5.41, 5.74) is -0.806. The van der Waals surface area contributed by atoms with Gasteiger partial charge in [0.15, 0.2) is 0 Å². The summed E-state index contributed by atoms with van der Waals surface area (Å²) >= 11 is 0. The SMILES string of the molecule is CCC(=O)N(c1cccc(N=C(NC(=O)OC(C)(C)C)NC(=O)OC(C)(C)C)c1)C1(C(=O)OC)CCN(CC(C(=O)OCc2ccccc2)c2ccccc2)CC1. The molecule has 3 aromatic carbocycles. The van der Waals surface area contributed by atoms with Gasteiger partial charge in [0.1, 0.15) is 23.3 Å². The summed E-state index contributed by atoms with van der Waals surface area (Å²) in [5.74, 6) is -2.16. The maximum absolute atomic E-state index is 13.9. The Balaban J connectivity index is 1.63. The van der Waals surface area contributed by atoms with Gasteiger partial charge in [0.25, 0.3) is 0 Å². The second kappa shape index (κ2) is 19.4. The van der Waals surface area contributed by atoms with Gasteiger partial charge < -0.3 is 23.8 Å². The number of hydrogen-bond acceptors (Lipinski definition) is 11. The minimum Gasteiger partial charge on any atom is -0.467 e. The van der Waals surface area contributed by atoms with Gasteiger partial charge in [0.05, 0.1) is 18.7 Å². The third kappa shape index (κ3) is 12.9. The van der Waals surface area contributed by atoms with Gasteiger partial charge in [0.2, 0.25) is 11.9 Å². The Morgan fingerprint density at radius 3 is 1.89 bits per heavy atom. The van der Waals surface area contributed by atoms with Crippen LogP contribution in [-0.2, 0) is 39.9 Å². The van der Waals surface area contributed by atoms with Gasteiger partial charge in [-0.25, -0.2) is 19.4 Å². The topological polar surface area (TPSA) is 165 Å². The molecule has 1 saturated heterocycles. The molecule has 0 radical (unpaired) electrons. The van der Waals surface area contributed by atoms with Crippen molar-refractivity contribution in [3.8, 4) is 0 Å². The molecule has 306 valence electrons. The third-order valence-corrected chi connectivity index (χ3v) is 8.95. The fourth-order valence-corrected chi connectivity index (χ4v) is 6.41. The summed E-state index contributed by atoms with van der Waals surface area (Å²) in [6.07, 6.45) is -1.26. The van der Waals surface area contributed by atoms with Gasteiger partial charge in [-0.05, 0) is 83.7 Å². The molecule has 14 nitrogen and oxygen atoms in total. The highest BCUT2D eigenvalue weighted by Crippen LogP contribution is 2.37. The molecule has 3 aromatic rings. The van der Waals surface area contributed by atoms with Gasteiger partial charge in [0, 0.05) is 31.7 Å². The number of carbonyl (C=O) groups is 5. The summed E-state index contributed by atoms with van der Waals surface area (Å²) in [7, 11) is 1.29. The van der Waals surface area contributed by atoms with E-state index >= 15 is 0 Å². The van der Waals surface area contributed by atoms with Crippen LogP contribution >= 0.6 is 0 Å². The van der Waals surface area contributed by atoms with Crippen LogP contribution in [0.4, 0.5) is 21.0 Å². The number of aliphatic imine (C=N–C) groups is 1. The molecule has 1 unspecified atom stereocenters. The van der Waals surface area contributed by atoms with Gasteiger partial charge in [-0.1, -0.05) is 73.7 Å². The number of carbonyl (C=O) groups excluding carboxylic acids is 5. The van der Waals surface area contributed by atoms with E-state index in [4.69, 9.17) is 18.9 Å². The van der Waals surface area contributed by atoms with E-state index in [1.807, 2.05) is 60.7 Å². The average molecular weight is 786 g/mol. The quantitative estimate of drug-likeness (QED) is 0.0895. The number of hydrogen-bond donors (Lipinski definition) is 2. The van der Waals surface area contributed by atoms with E-state index in [0.29, 0.717) is 25.3 Å². The van der Waals surface area contributed by atoms with Crippen molar-refractivity contribution in [1.82, 2.24) is 15.5 Å². The van der Waals surface area contributed by atoms with Crippen molar-refractivity contribution in [2.75, 3.05) is 31.6 Å². The number of benzene rings is 3. The van der Waals surface area contributed by atoms with Gasteiger partial charge in [-0.2, -0.15) is 0 Å². The molecule has 0 bridgehead atoms. The molecule has 57 heavy (non-hydrogen) atoms. The van der Waals surface area contributed by atoms with Gasteiger partial charge in [-0.3, -0.25) is 25.1 Å². The van der Waals surface area contributed by atoms with E-state index < -0.39 is 40.8 Å². The number of guanidine groups is 1. The number of rotatable bonds is 11. The van der Waals surface area contributed by atoms with Crippen LogP contribution in [0.15, 0.2) is 89.9 Å². The number of ether oxygens (including phenoxy) is 4. The Bertz CT molecular complexity index is 1850. The van der Waals surface area contributed by atoms with E-state index in [-0.39, 0.29) is 49.4 Å². The minimum absolute atomic E-state index is 0.0743. The number of methoxy groups -OCH3 is 1. The monoisotopic (exact) mass is 785 g/mol. The Hall–Kier alpha value is -5.76. The van der Waals surface area contributed by atoms with Crippen LogP contribution in [0, 0.1) is 0 Å². The first kappa shape index (κ1) is 44.0. The lowest BCUT2D eigenvalue weighted by atomic mass is 9.84. The summed E-state index contributed by atoms with van der Waals surface area (Å²) in [5, 5.41) is 4.92. The Kier molecular flexibility index (Phi) is 15.0. The van der Waals surface area contributed by atoms with Crippen LogP contribution in [0.25, 0.3) is 0 Å². The predicted molar refractivity (Wildman–Crippen MR) is 216 cm³/mol. The second-order valence-electron chi connectivity index (χ2n) is 15.7. The van der Waals surface area contributed by atoms with Gasteiger partial charge in [-0.15, -0.1) is 0 Å². The van der Waals surface area contributed by atoms with E-state index in [2.05, 4.69) is 20.5 Å². The predicted octanol–water partition coefficient (Wildman–Crippen LogP) is 7.00. The average Bonchev–Trinajstić information content (AvgIpc) is 3.15. The number of likely N-dealkylation sites (tertiary alicyclic amines) is 1. The van der Waals surface area contributed by atoms with Crippen molar-refractivity contribution in [3.05, 3.63) is 96.1 Å². The zero-order valence-electron chi connectivity index (χ0n) is 34.1. The molecule has 14 heteroatoms. The van der Waals surface area contributed by atoms with E-state index in [0.717, 1.165) is 11.1 Å². The fraction of sp³-hybridized carbons (Fsp3) is 0.442. The molecule has 2 N–H and O–H groups in total. The zero-order valence-corrected chi connectivity index (χ0v) is 34.1. The molecular formula is C43H55N5O9. The highest BCUT2D eigenvalue weighted by Gasteiger charge is 2.50. The minimum atomic E-state index is -1.40. The molecule has 1 heterocycles. The fourth-order valence-electron chi connectivity index (χ4n) is 6.41. The lowest BCUT2D eigenvalue weighted by Crippen LogP contribution is -2.63. The van der Waals surface area contributed by atoms with Crippen LogP contribution < -0.4 is 15.5 Å². The maximum atomic E-state index is 13.9. The number of alkyl carbamates (subject to hydrolysis) is 2. The number of esters is 2. The normalized spacial score (nSPS) is 14.6. The van der Waals surface area contributed by atoms with Crippen molar-refractivity contribution < 1.29 is 42.9 Å². The molecule has 0 saturated carbocycles. The largest absolute Gasteiger partial charge is 0.467 e. The molecule has 1 aliphatic heterocycles. The number of nitrogens with zero attached hydrogens (tertiary/aromatic N) is 3. The highest BCUT2D eigenvalue weighted by atomic mass is 16.6. The number of anilines is 1. The number of piperidine rings is 1. The molecule has 0 aliphatic carbocycles. The standard InChI is InChI=1S/C43H55N5O9/c1-9-35(49)48(33-22-16-21-32(27-33)44-38(45-39(52)56-41(2,3)4)46-40(53)57-42(5,6)7)43(37(51)54-8)23-25-47(26-24-43)28-34(31-19-14-11-15-20-31)36(50)55-29-30-17-12-10-13-18-30/h10-22,27,34H,9,23-26,28-29H2,1-8H3,(H2,44,45,46,52,53). The first-order valence-corrected chi connectivity index (χ1v) is 19.0. The summed E-state index contributed by atoms with van der Waals surface area (Å²) in [4.78, 5) is 74.9. The lowest BCUT2D eigenvalue weighted by molar-refractivity contribution is -0.152. The summed E-state index contributed by atoms with van der Waals surface area (Å²) in [6, 6.07) is 25.4. The lowest BCUT2D eigenvalue weighted by Gasteiger charge is -2.47. The smallest absolute Gasteiger partial charge is 0.414 e. The van der Waals surface area contributed by atoms with Gasteiger partial charge >= 0.3 is 24.1 Å². The first-order valence-electron chi connectivity index (χ1n) is 19.0. The molecule has 1 atom stereocenters. The molecule has 4 rings (SSSR count). The third-order valence-electron chi connectivity index (χ3n) is 8.95. The highest BCUT2D eigenvalue weighted by molar-refractivity contribution is 6.04. The molecular weight excluding hydrogens is 730 g/mol.